The van der Waals surface area contributed by atoms with Crippen LogP contribution in [-0.4, -0.2) is 11.2 Å². The molecule has 0 heterocycles. The van der Waals surface area contributed by atoms with Gasteiger partial charge in [-0.3, -0.25) is 0 Å². The molecule has 0 bridgehead atoms. The maximum absolute atomic E-state index is 10.1. The summed E-state index contributed by atoms with van der Waals surface area (Å²) in [5, 5.41) is 10.1. The Balaban J connectivity index is 1.39. The maximum Gasteiger partial charge on any atom is 0.0724 e. The van der Waals surface area contributed by atoms with Crippen LogP contribution in [0.2, 0.25) is 0 Å². The van der Waals surface area contributed by atoms with Crippen molar-refractivity contribution >= 4 is 0 Å². The van der Waals surface area contributed by atoms with Gasteiger partial charge in [0.1, 0.15) is 0 Å². The van der Waals surface area contributed by atoms with Crippen molar-refractivity contribution in [2.75, 3.05) is 0 Å². The predicted octanol–water partition coefficient (Wildman–Crippen LogP) is 7.53. The topological polar surface area (TPSA) is 20.2 Å². The molecule has 0 radical (unpaired) electrons. The van der Waals surface area contributed by atoms with E-state index < -0.39 is 0 Å². The van der Waals surface area contributed by atoms with Crippen LogP contribution < -0.4 is 0 Å². The van der Waals surface area contributed by atoms with Crippen LogP contribution in [0.15, 0.2) is 12.2 Å². The average Bonchev–Trinajstić information content (AvgIpc) is 3.01. The van der Waals surface area contributed by atoms with Crippen molar-refractivity contribution in [1.82, 2.24) is 0 Å². The molecule has 4 aliphatic rings. The second kappa shape index (κ2) is 8.44. The Hall–Kier alpha value is -0.300. The summed E-state index contributed by atoms with van der Waals surface area (Å²) in [7, 11) is 0. The molecule has 0 unspecified atom stereocenters. The number of rotatable bonds is 7. The normalized spacial score (nSPS) is 47.4. The van der Waals surface area contributed by atoms with Crippen molar-refractivity contribution in [3.8, 4) is 0 Å². The third-order valence-corrected chi connectivity index (χ3v) is 10.3. The first-order chi connectivity index (χ1) is 13.5. The molecule has 8 atom stereocenters. The van der Waals surface area contributed by atoms with Crippen LogP contribution in [-0.2, 0) is 0 Å². The Morgan fingerprint density at radius 3 is 2.50 bits per heavy atom. The number of hydrogen-bond donors (Lipinski definition) is 1. The lowest BCUT2D eigenvalue weighted by Gasteiger charge is -2.59. The smallest absolute Gasteiger partial charge is 0.0724 e. The molecule has 0 aliphatic heterocycles. The first-order valence-electron chi connectivity index (χ1n) is 12.9. The van der Waals surface area contributed by atoms with E-state index in [1.807, 2.05) is 0 Å². The number of fused-ring (bicyclic) bond motifs is 5. The molecule has 0 amide bonds. The van der Waals surface area contributed by atoms with Crippen LogP contribution in [0, 0.1) is 40.4 Å². The highest BCUT2D eigenvalue weighted by Crippen LogP contribution is 2.67. The highest BCUT2D eigenvalue weighted by molar-refractivity contribution is 5.17. The number of unbranched alkanes of at least 4 members (excludes halogenated alkanes) is 5. The molecule has 0 spiro atoms. The molecule has 4 rings (SSSR count). The summed E-state index contributed by atoms with van der Waals surface area (Å²) in [6, 6.07) is 0. The van der Waals surface area contributed by atoms with Gasteiger partial charge in [0, 0.05) is 0 Å². The van der Waals surface area contributed by atoms with Gasteiger partial charge < -0.3 is 5.11 Å². The van der Waals surface area contributed by atoms with E-state index >= 15 is 0 Å². The van der Waals surface area contributed by atoms with Crippen LogP contribution in [0.3, 0.4) is 0 Å². The average molecular weight is 387 g/mol. The van der Waals surface area contributed by atoms with E-state index in [0.29, 0.717) is 10.8 Å². The minimum absolute atomic E-state index is 0.184. The van der Waals surface area contributed by atoms with Gasteiger partial charge >= 0.3 is 0 Å². The Labute approximate surface area is 174 Å². The van der Waals surface area contributed by atoms with Gasteiger partial charge in [-0.05, 0) is 91.8 Å². The van der Waals surface area contributed by atoms with Gasteiger partial charge in [0.2, 0.25) is 0 Å². The van der Waals surface area contributed by atoms with E-state index in [1.54, 1.807) is 0 Å². The fourth-order valence-electron chi connectivity index (χ4n) is 8.54. The monoisotopic (exact) mass is 386 g/mol. The van der Waals surface area contributed by atoms with Gasteiger partial charge in [-0.15, -0.1) is 0 Å². The summed E-state index contributed by atoms with van der Waals surface area (Å²) in [4.78, 5) is 0. The molecular formula is C27H46O. The van der Waals surface area contributed by atoms with Gasteiger partial charge in [0.15, 0.2) is 0 Å². The second-order valence-electron chi connectivity index (χ2n) is 11.6. The van der Waals surface area contributed by atoms with Gasteiger partial charge in [-0.25, -0.2) is 0 Å². The Kier molecular flexibility index (Phi) is 6.32. The highest BCUT2D eigenvalue weighted by Gasteiger charge is 2.59. The van der Waals surface area contributed by atoms with E-state index in [0.717, 1.165) is 36.0 Å². The van der Waals surface area contributed by atoms with Crippen LogP contribution in [0.25, 0.3) is 0 Å². The zero-order valence-corrected chi connectivity index (χ0v) is 19.0. The summed E-state index contributed by atoms with van der Waals surface area (Å²) >= 11 is 0. The lowest BCUT2D eigenvalue weighted by molar-refractivity contribution is -0.0865. The molecule has 160 valence electrons. The van der Waals surface area contributed by atoms with Crippen molar-refractivity contribution < 1.29 is 5.11 Å². The van der Waals surface area contributed by atoms with Gasteiger partial charge in [-0.1, -0.05) is 71.4 Å². The number of aliphatic hydroxyl groups is 1. The molecule has 0 saturated heterocycles. The molecule has 0 aromatic heterocycles. The SMILES string of the molecule is CCCCCCCC[C@H]1CC[C@H]2[C@@H]3CC[C@H]4C[C@@H](O)C=C[C@]4(C)[C@H]3CC[C@]12C. The quantitative estimate of drug-likeness (QED) is 0.354. The third kappa shape index (κ3) is 3.63. The van der Waals surface area contributed by atoms with Crippen LogP contribution in [0.1, 0.15) is 111 Å². The summed E-state index contributed by atoms with van der Waals surface area (Å²) in [6.07, 6.45) is 24.3. The third-order valence-electron chi connectivity index (χ3n) is 10.3. The molecular weight excluding hydrogens is 340 g/mol. The summed E-state index contributed by atoms with van der Waals surface area (Å²) in [5.41, 5.74) is 0.993. The second-order valence-corrected chi connectivity index (χ2v) is 11.6. The zero-order chi connectivity index (χ0) is 19.8. The fourth-order valence-corrected chi connectivity index (χ4v) is 8.54. The first kappa shape index (κ1) is 21.0. The van der Waals surface area contributed by atoms with Gasteiger partial charge in [0.25, 0.3) is 0 Å². The number of aliphatic hydroxyl groups excluding tert-OH is 1. The lowest BCUT2D eigenvalue weighted by Crippen LogP contribution is -2.52. The molecule has 1 heteroatoms. The predicted molar refractivity (Wildman–Crippen MR) is 119 cm³/mol. The maximum atomic E-state index is 10.1. The molecule has 3 saturated carbocycles. The van der Waals surface area contributed by atoms with Crippen LogP contribution >= 0.6 is 0 Å². The van der Waals surface area contributed by atoms with Crippen molar-refractivity contribution in [3.05, 3.63) is 12.2 Å². The van der Waals surface area contributed by atoms with E-state index in [2.05, 4.69) is 32.9 Å². The van der Waals surface area contributed by atoms with Crippen molar-refractivity contribution in [2.45, 2.75) is 117 Å². The molecule has 28 heavy (non-hydrogen) atoms. The lowest BCUT2D eigenvalue weighted by atomic mass is 9.46. The molecule has 0 aromatic carbocycles. The Morgan fingerprint density at radius 2 is 1.68 bits per heavy atom. The molecule has 0 aromatic rings. The van der Waals surface area contributed by atoms with E-state index in [-0.39, 0.29) is 6.10 Å². The Morgan fingerprint density at radius 1 is 0.893 bits per heavy atom. The van der Waals surface area contributed by atoms with Crippen molar-refractivity contribution in [3.63, 3.8) is 0 Å². The summed E-state index contributed by atoms with van der Waals surface area (Å²) in [5.74, 6) is 4.53. The molecule has 1 nitrogen and oxygen atoms in total. The van der Waals surface area contributed by atoms with Gasteiger partial charge in [-0.2, -0.15) is 0 Å². The number of hydrogen-bond acceptors (Lipinski definition) is 1. The van der Waals surface area contributed by atoms with E-state index in [1.165, 1.54) is 83.5 Å². The van der Waals surface area contributed by atoms with Crippen molar-refractivity contribution in [2.24, 2.45) is 40.4 Å². The minimum Gasteiger partial charge on any atom is -0.389 e. The Bertz CT molecular complexity index is 552. The number of allylic oxidation sites excluding steroid dienone is 1. The van der Waals surface area contributed by atoms with Crippen LogP contribution in [0.5, 0.6) is 0 Å². The standard InChI is InChI=1S/C27H46O/c1-4-5-6-7-8-9-10-20-12-14-24-23-13-11-21-19-22(28)15-17-27(21,3)25(23)16-18-26(20,24)2/h15,17,20-25,28H,4-14,16,18-19H2,1-3H3/t20-,21-,22-,23-,24-,25-,26+,27-/m0/s1. The summed E-state index contributed by atoms with van der Waals surface area (Å²) in [6.45, 7) is 7.55. The largest absolute Gasteiger partial charge is 0.389 e. The molecule has 4 aliphatic carbocycles. The van der Waals surface area contributed by atoms with E-state index in [9.17, 15) is 5.11 Å². The fraction of sp³-hybridized carbons (Fsp3) is 0.926. The highest BCUT2D eigenvalue weighted by atomic mass is 16.3. The zero-order valence-electron chi connectivity index (χ0n) is 19.0. The first-order valence-corrected chi connectivity index (χ1v) is 12.9. The van der Waals surface area contributed by atoms with Crippen LogP contribution in [0.4, 0.5) is 0 Å². The van der Waals surface area contributed by atoms with E-state index in [4.69, 9.17) is 0 Å². The molecule has 1 N–H and O–H groups in total. The summed E-state index contributed by atoms with van der Waals surface area (Å²) < 4.78 is 0. The van der Waals surface area contributed by atoms with Crippen molar-refractivity contribution in [1.29, 1.82) is 0 Å². The minimum atomic E-state index is -0.184. The molecule has 3 fully saturated rings. The van der Waals surface area contributed by atoms with Gasteiger partial charge in [0.05, 0.1) is 6.10 Å².